The first-order valence-electron chi connectivity index (χ1n) is 12.7. The number of aromatic nitrogens is 1. The van der Waals surface area contributed by atoms with Crippen LogP contribution in [-0.2, 0) is 20.9 Å². The summed E-state index contributed by atoms with van der Waals surface area (Å²) in [7, 11) is 1.79. The minimum absolute atomic E-state index is 0.0123. The molecule has 4 rings (SSSR count). The second-order valence-electron chi connectivity index (χ2n) is 9.89. The fourth-order valence-electron chi connectivity index (χ4n) is 4.97. The lowest BCUT2D eigenvalue weighted by Gasteiger charge is -2.29. The van der Waals surface area contributed by atoms with Crippen LogP contribution in [0.2, 0.25) is 0 Å². The summed E-state index contributed by atoms with van der Waals surface area (Å²) in [6.07, 6.45) is 8.86. The van der Waals surface area contributed by atoms with Gasteiger partial charge in [0.2, 0.25) is 0 Å². The van der Waals surface area contributed by atoms with E-state index in [1.54, 1.807) is 18.2 Å². The molecule has 2 aliphatic rings. The van der Waals surface area contributed by atoms with Crippen LogP contribution in [0.4, 0.5) is 4.79 Å². The Kier molecular flexibility index (Phi) is 8.31. The Balaban J connectivity index is 1.32. The van der Waals surface area contributed by atoms with Gasteiger partial charge >= 0.3 is 12.1 Å². The third kappa shape index (κ3) is 6.55. The van der Waals surface area contributed by atoms with Gasteiger partial charge in [-0.2, -0.15) is 0 Å². The van der Waals surface area contributed by atoms with Crippen LogP contribution in [0.1, 0.15) is 70.9 Å². The molecule has 0 aliphatic heterocycles. The molecular formula is C27H36N2O6. The first-order chi connectivity index (χ1) is 16.9. The molecule has 0 N–H and O–H groups in total. The lowest BCUT2D eigenvalue weighted by atomic mass is 9.87. The summed E-state index contributed by atoms with van der Waals surface area (Å²) in [6, 6.07) is 7.94. The summed E-state index contributed by atoms with van der Waals surface area (Å²) in [6.45, 7) is 3.79. The number of carbonyl (C=O) groups excluding carboxylic acids is 2. The molecule has 1 heterocycles. The Hall–Kier alpha value is -3.03. The molecular weight excluding hydrogens is 448 g/mol. The molecule has 8 nitrogen and oxygen atoms in total. The number of hydrogen-bond donors (Lipinski definition) is 0. The van der Waals surface area contributed by atoms with E-state index in [1.807, 2.05) is 38.1 Å². The molecule has 1 amide bonds. The van der Waals surface area contributed by atoms with E-state index in [2.05, 4.69) is 5.16 Å². The van der Waals surface area contributed by atoms with E-state index in [-0.39, 0.29) is 42.8 Å². The predicted octanol–water partition coefficient (Wildman–Crippen LogP) is 5.74. The van der Waals surface area contributed by atoms with Crippen molar-refractivity contribution in [2.45, 2.75) is 90.1 Å². The van der Waals surface area contributed by atoms with E-state index in [0.29, 0.717) is 12.1 Å². The number of benzene rings is 1. The lowest BCUT2D eigenvalue weighted by molar-refractivity contribution is -0.154. The molecule has 8 heteroatoms. The van der Waals surface area contributed by atoms with Crippen molar-refractivity contribution < 1.29 is 28.3 Å². The summed E-state index contributed by atoms with van der Waals surface area (Å²) in [5, 5.41) is 4.04. The zero-order valence-corrected chi connectivity index (χ0v) is 20.9. The summed E-state index contributed by atoms with van der Waals surface area (Å²) < 4.78 is 22.2. The molecule has 35 heavy (non-hydrogen) atoms. The van der Waals surface area contributed by atoms with Crippen LogP contribution in [0.3, 0.4) is 0 Å². The number of esters is 1. The minimum Gasteiger partial charge on any atom is -0.490 e. The van der Waals surface area contributed by atoms with Gasteiger partial charge in [0.15, 0.2) is 0 Å². The van der Waals surface area contributed by atoms with E-state index in [4.69, 9.17) is 18.7 Å². The highest BCUT2D eigenvalue weighted by molar-refractivity contribution is 5.72. The van der Waals surface area contributed by atoms with Crippen LogP contribution < -0.4 is 4.74 Å². The monoisotopic (exact) mass is 484 g/mol. The van der Waals surface area contributed by atoms with Gasteiger partial charge in [0, 0.05) is 18.7 Å². The number of hydrogen-bond acceptors (Lipinski definition) is 7. The van der Waals surface area contributed by atoms with Crippen molar-refractivity contribution in [2.75, 3.05) is 7.05 Å². The van der Waals surface area contributed by atoms with Crippen LogP contribution in [0, 0.1) is 5.92 Å². The fraction of sp³-hybridized carbons (Fsp3) is 0.593. The first kappa shape index (κ1) is 25.1. The zero-order valence-electron chi connectivity index (χ0n) is 20.9. The van der Waals surface area contributed by atoms with Crippen molar-refractivity contribution in [2.24, 2.45) is 5.92 Å². The van der Waals surface area contributed by atoms with E-state index in [1.165, 1.54) is 0 Å². The van der Waals surface area contributed by atoms with E-state index in [9.17, 15) is 9.59 Å². The third-order valence-corrected chi connectivity index (χ3v) is 6.92. The van der Waals surface area contributed by atoms with Crippen molar-refractivity contribution >= 4 is 12.1 Å². The molecule has 2 atom stereocenters. The number of ether oxygens (including phenoxy) is 3. The summed E-state index contributed by atoms with van der Waals surface area (Å²) in [4.78, 5) is 26.4. The van der Waals surface area contributed by atoms with Crippen molar-refractivity contribution in [3.8, 4) is 16.9 Å². The minimum atomic E-state index is -0.336. The lowest BCUT2D eigenvalue weighted by Crippen LogP contribution is -2.35. The predicted molar refractivity (Wildman–Crippen MR) is 130 cm³/mol. The summed E-state index contributed by atoms with van der Waals surface area (Å²) in [5.41, 5.74) is 2.25. The molecule has 1 aromatic heterocycles. The maximum atomic E-state index is 12.4. The molecule has 2 fully saturated rings. The zero-order chi connectivity index (χ0) is 24.8. The highest BCUT2D eigenvalue weighted by Crippen LogP contribution is 2.31. The van der Waals surface area contributed by atoms with Crippen LogP contribution in [0.5, 0.6) is 5.75 Å². The first-order valence-corrected chi connectivity index (χ1v) is 12.7. The number of rotatable bonds is 8. The highest BCUT2D eigenvalue weighted by atomic mass is 16.6. The van der Waals surface area contributed by atoms with E-state index in [0.717, 1.165) is 61.8 Å². The van der Waals surface area contributed by atoms with Gasteiger partial charge in [-0.3, -0.25) is 4.79 Å². The van der Waals surface area contributed by atoms with Crippen molar-refractivity contribution in [1.82, 2.24) is 10.1 Å². The quantitative estimate of drug-likeness (QED) is 0.441. The van der Waals surface area contributed by atoms with Gasteiger partial charge in [-0.15, -0.1) is 0 Å². The van der Waals surface area contributed by atoms with Gasteiger partial charge in [0.05, 0.1) is 18.1 Å². The third-order valence-electron chi connectivity index (χ3n) is 6.92. The molecule has 0 radical (unpaired) electrons. The molecule has 0 unspecified atom stereocenters. The maximum absolute atomic E-state index is 12.4. The van der Waals surface area contributed by atoms with Gasteiger partial charge in [-0.1, -0.05) is 30.1 Å². The number of nitrogens with zero attached hydrogens (tertiary/aromatic N) is 2. The molecule has 2 aromatic rings. The molecule has 0 spiro atoms. The van der Waals surface area contributed by atoms with E-state index < -0.39 is 0 Å². The Morgan fingerprint density at radius 2 is 1.83 bits per heavy atom. The molecule has 0 bridgehead atoms. The molecule has 2 saturated carbocycles. The summed E-state index contributed by atoms with van der Waals surface area (Å²) >= 11 is 0. The molecule has 2 aliphatic carbocycles. The van der Waals surface area contributed by atoms with Crippen LogP contribution in [-0.4, -0.2) is 47.4 Å². The van der Waals surface area contributed by atoms with Crippen molar-refractivity contribution in [3.05, 3.63) is 36.2 Å². The normalized spacial score (nSPS) is 20.6. The van der Waals surface area contributed by atoms with Gasteiger partial charge in [-0.25, -0.2) is 4.79 Å². The second kappa shape index (κ2) is 11.6. The smallest absolute Gasteiger partial charge is 0.410 e. The van der Waals surface area contributed by atoms with Gasteiger partial charge in [0.25, 0.3) is 0 Å². The largest absolute Gasteiger partial charge is 0.490 e. The standard InChI is InChI=1S/C27H36N2O6/c1-18(2)34-26(30)20-7-6-10-23(15-20)35-22-13-11-19(12-14-22)24-16-33-28-25(24)17-32-27(31)29(3)21-8-4-5-9-21/h11-14,16,18,20-21,23H,4-10,15,17H2,1-3H3/t20-,23+/m1/s1. The topological polar surface area (TPSA) is 91.1 Å². The van der Waals surface area contributed by atoms with Crippen LogP contribution >= 0.6 is 0 Å². The molecule has 1 aromatic carbocycles. The number of amides is 1. The van der Waals surface area contributed by atoms with Gasteiger partial charge < -0.3 is 23.6 Å². The molecule has 190 valence electrons. The molecule has 0 saturated heterocycles. The van der Waals surface area contributed by atoms with Gasteiger partial charge in [0.1, 0.15) is 24.3 Å². The fourth-order valence-corrected chi connectivity index (χ4v) is 4.97. The summed E-state index contributed by atoms with van der Waals surface area (Å²) in [5.74, 6) is 0.517. The average molecular weight is 485 g/mol. The van der Waals surface area contributed by atoms with Crippen molar-refractivity contribution in [3.63, 3.8) is 0 Å². The Morgan fingerprint density at radius 1 is 1.09 bits per heavy atom. The Morgan fingerprint density at radius 3 is 2.54 bits per heavy atom. The second-order valence-corrected chi connectivity index (χ2v) is 9.89. The number of carbonyl (C=O) groups is 2. The Bertz CT molecular complexity index is 980. The van der Waals surface area contributed by atoms with Crippen LogP contribution in [0.15, 0.2) is 35.1 Å². The van der Waals surface area contributed by atoms with Crippen molar-refractivity contribution in [1.29, 1.82) is 0 Å². The van der Waals surface area contributed by atoms with Crippen LogP contribution in [0.25, 0.3) is 11.1 Å². The SMILES string of the molecule is CC(C)OC(=O)[C@@H]1CCC[C@H](Oc2ccc(-c3conc3COC(=O)N(C)C3CCCC3)cc2)C1. The average Bonchev–Trinajstić information content (AvgIpc) is 3.55. The maximum Gasteiger partial charge on any atom is 0.410 e. The Labute approximate surface area is 206 Å². The van der Waals surface area contributed by atoms with E-state index >= 15 is 0 Å². The highest BCUT2D eigenvalue weighted by Gasteiger charge is 2.30. The van der Waals surface area contributed by atoms with Gasteiger partial charge in [-0.05, 0) is 70.1 Å².